The monoisotopic (exact) mass is 255 g/mol. The number of halogens is 2. The van der Waals surface area contributed by atoms with Crippen molar-refractivity contribution in [3.05, 3.63) is 45.7 Å². The van der Waals surface area contributed by atoms with Crippen molar-refractivity contribution in [3.63, 3.8) is 0 Å². The highest BCUT2D eigenvalue weighted by Gasteiger charge is 2.05. The van der Waals surface area contributed by atoms with Crippen LogP contribution in [0.5, 0.6) is 0 Å². The minimum atomic E-state index is 0.569. The van der Waals surface area contributed by atoms with Gasteiger partial charge < -0.3 is 5.73 Å². The molecule has 1 aromatic carbocycles. The Morgan fingerprint density at radius 3 is 2.75 bits per heavy atom. The fraction of sp³-hybridized carbons (Fsp3) is 0.182. The molecule has 0 saturated heterocycles. The second-order valence-electron chi connectivity index (χ2n) is 3.60. The van der Waals surface area contributed by atoms with Crippen LogP contribution in [0.4, 0.5) is 5.69 Å². The number of hydrogen-bond acceptors (Lipinski definition) is 2. The first kappa shape index (κ1) is 11.3. The molecule has 0 saturated carbocycles. The average molecular weight is 256 g/mol. The van der Waals surface area contributed by atoms with E-state index in [4.69, 9.17) is 28.9 Å². The number of nitrogens with zero attached hydrogens (tertiary/aromatic N) is 2. The lowest BCUT2D eigenvalue weighted by Gasteiger charge is -2.06. The summed E-state index contributed by atoms with van der Waals surface area (Å²) < 4.78 is 1.75. The normalized spacial score (nSPS) is 10.7. The number of nitrogens with two attached hydrogens (primary N) is 1. The van der Waals surface area contributed by atoms with Gasteiger partial charge in [-0.3, -0.25) is 4.68 Å². The molecule has 84 valence electrons. The first-order chi connectivity index (χ1) is 7.56. The molecule has 16 heavy (non-hydrogen) atoms. The number of rotatable bonds is 2. The molecule has 0 fully saturated rings. The van der Waals surface area contributed by atoms with E-state index in [1.54, 1.807) is 23.0 Å². The van der Waals surface area contributed by atoms with Crippen molar-refractivity contribution in [1.29, 1.82) is 0 Å². The molecule has 0 unspecified atom stereocenters. The van der Waals surface area contributed by atoms with Crippen LogP contribution in [-0.2, 0) is 6.54 Å². The molecule has 5 heteroatoms. The van der Waals surface area contributed by atoms with Gasteiger partial charge in [-0.25, -0.2) is 0 Å². The van der Waals surface area contributed by atoms with Crippen molar-refractivity contribution in [1.82, 2.24) is 9.78 Å². The second kappa shape index (κ2) is 4.36. The summed E-state index contributed by atoms with van der Waals surface area (Å²) in [5.41, 5.74) is 8.30. The predicted octanol–water partition coefficient (Wildman–Crippen LogP) is 3.13. The Labute approximate surface area is 104 Å². The largest absolute Gasteiger partial charge is 0.398 e. The molecule has 0 bridgehead atoms. The minimum absolute atomic E-state index is 0.569. The summed E-state index contributed by atoms with van der Waals surface area (Å²) in [6.07, 6.45) is 1.78. The summed E-state index contributed by atoms with van der Waals surface area (Å²) in [5, 5.41) is 5.58. The molecule has 3 nitrogen and oxygen atoms in total. The van der Waals surface area contributed by atoms with E-state index >= 15 is 0 Å². The van der Waals surface area contributed by atoms with Gasteiger partial charge in [-0.15, -0.1) is 0 Å². The summed E-state index contributed by atoms with van der Waals surface area (Å²) >= 11 is 11.8. The number of nitrogen functional groups attached to an aromatic ring is 1. The highest BCUT2D eigenvalue weighted by atomic mass is 35.5. The molecule has 0 spiro atoms. The number of anilines is 1. The van der Waals surface area contributed by atoms with Gasteiger partial charge in [0.1, 0.15) is 0 Å². The SMILES string of the molecule is Cc1nn(Cc2cc(Cl)ccc2N)cc1Cl. The Hall–Kier alpha value is -1.19. The van der Waals surface area contributed by atoms with Crippen molar-refractivity contribution in [2.24, 2.45) is 0 Å². The maximum absolute atomic E-state index is 5.93. The van der Waals surface area contributed by atoms with E-state index < -0.39 is 0 Å². The van der Waals surface area contributed by atoms with E-state index in [1.807, 2.05) is 13.0 Å². The zero-order chi connectivity index (χ0) is 11.7. The van der Waals surface area contributed by atoms with Crippen molar-refractivity contribution in [2.75, 3.05) is 5.73 Å². The number of hydrogen-bond donors (Lipinski definition) is 1. The van der Waals surface area contributed by atoms with Crippen LogP contribution < -0.4 is 5.73 Å². The van der Waals surface area contributed by atoms with Crippen molar-refractivity contribution < 1.29 is 0 Å². The maximum Gasteiger partial charge on any atom is 0.0815 e. The van der Waals surface area contributed by atoms with E-state index in [9.17, 15) is 0 Å². The lowest BCUT2D eigenvalue weighted by atomic mass is 10.2. The highest BCUT2D eigenvalue weighted by molar-refractivity contribution is 6.31. The summed E-state index contributed by atoms with van der Waals surface area (Å²) in [4.78, 5) is 0. The van der Waals surface area contributed by atoms with Crippen LogP contribution in [0.15, 0.2) is 24.4 Å². The maximum atomic E-state index is 5.93. The summed E-state index contributed by atoms with van der Waals surface area (Å²) in [6.45, 7) is 2.43. The lowest BCUT2D eigenvalue weighted by Crippen LogP contribution is -2.03. The summed E-state index contributed by atoms with van der Waals surface area (Å²) in [5.74, 6) is 0. The number of benzene rings is 1. The third kappa shape index (κ3) is 2.31. The van der Waals surface area contributed by atoms with Crippen LogP contribution >= 0.6 is 23.2 Å². The number of aromatic nitrogens is 2. The van der Waals surface area contributed by atoms with Gasteiger partial charge >= 0.3 is 0 Å². The second-order valence-corrected chi connectivity index (χ2v) is 4.45. The fourth-order valence-electron chi connectivity index (χ4n) is 1.46. The van der Waals surface area contributed by atoms with Gasteiger partial charge in [0.15, 0.2) is 0 Å². The van der Waals surface area contributed by atoms with E-state index in [2.05, 4.69) is 5.10 Å². The molecule has 2 rings (SSSR count). The Balaban J connectivity index is 2.29. The van der Waals surface area contributed by atoms with Crippen LogP contribution in [0.25, 0.3) is 0 Å². The summed E-state index contributed by atoms with van der Waals surface area (Å²) in [7, 11) is 0. The zero-order valence-corrected chi connectivity index (χ0v) is 10.3. The van der Waals surface area contributed by atoms with E-state index in [-0.39, 0.29) is 0 Å². The van der Waals surface area contributed by atoms with Gasteiger partial charge in [-0.1, -0.05) is 23.2 Å². The molecule has 1 heterocycles. The highest BCUT2D eigenvalue weighted by Crippen LogP contribution is 2.20. The zero-order valence-electron chi connectivity index (χ0n) is 8.74. The Bertz CT molecular complexity index is 500. The quantitative estimate of drug-likeness (QED) is 0.839. The molecule has 0 amide bonds. The van der Waals surface area contributed by atoms with Crippen molar-refractivity contribution in [3.8, 4) is 0 Å². The van der Waals surface area contributed by atoms with Crippen LogP contribution in [0, 0.1) is 6.92 Å². The third-order valence-electron chi connectivity index (χ3n) is 2.32. The molecule has 0 radical (unpaired) electrons. The molecular formula is C11H11Cl2N3. The first-order valence-corrected chi connectivity index (χ1v) is 5.55. The first-order valence-electron chi connectivity index (χ1n) is 4.79. The van der Waals surface area contributed by atoms with Gasteiger partial charge in [0.05, 0.1) is 17.3 Å². The molecule has 0 aliphatic heterocycles. The lowest BCUT2D eigenvalue weighted by molar-refractivity contribution is 0.681. The van der Waals surface area contributed by atoms with Gasteiger partial charge in [-0.2, -0.15) is 5.10 Å². The van der Waals surface area contributed by atoms with Crippen LogP contribution in [0.1, 0.15) is 11.3 Å². The van der Waals surface area contributed by atoms with E-state index in [0.717, 1.165) is 11.3 Å². The smallest absolute Gasteiger partial charge is 0.0815 e. The predicted molar refractivity (Wildman–Crippen MR) is 66.9 cm³/mol. The minimum Gasteiger partial charge on any atom is -0.398 e. The molecule has 1 aromatic heterocycles. The molecule has 2 N–H and O–H groups in total. The standard InChI is InChI=1S/C11H11Cl2N3/c1-7-10(13)6-16(15-7)5-8-4-9(12)2-3-11(8)14/h2-4,6H,5,14H2,1H3. The molecule has 2 aromatic rings. The van der Waals surface area contributed by atoms with Gasteiger partial charge in [-0.05, 0) is 30.7 Å². The molecule has 0 aliphatic carbocycles. The molecule has 0 atom stereocenters. The molecule has 0 aliphatic rings. The number of aryl methyl sites for hydroxylation is 1. The van der Waals surface area contributed by atoms with Gasteiger partial charge in [0.25, 0.3) is 0 Å². The van der Waals surface area contributed by atoms with Crippen molar-refractivity contribution in [2.45, 2.75) is 13.5 Å². The van der Waals surface area contributed by atoms with E-state index in [1.165, 1.54) is 0 Å². The Kier molecular flexibility index (Phi) is 3.08. The molecular weight excluding hydrogens is 245 g/mol. The summed E-state index contributed by atoms with van der Waals surface area (Å²) in [6, 6.07) is 5.39. The Morgan fingerprint density at radius 1 is 1.38 bits per heavy atom. The Morgan fingerprint density at radius 2 is 2.12 bits per heavy atom. The average Bonchev–Trinajstić information content (AvgIpc) is 2.52. The van der Waals surface area contributed by atoms with Crippen LogP contribution in [0.3, 0.4) is 0 Å². The van der Waals surface area contributed by atoms with Crippen LogP contribution in [0.2, 0.25) is 10.0 Å². The van der Waals surface area contributed by atoms with Gasteiger partial charge in [0.2, 0.25) is 0 Å². The van der Waals surface area contributed by atoms with Gasteiger partial charge in [0, 0.05) is 16.9 Å². The van der Waals surface area contributed by atoms with Crippen LogP contribution in [-0.4, -0.2) is 9.78 Å². The topological polar surface area (TPSA) is 43.8 Å². The fourth-order valence-corrected chi connectivity index (χ4v) is 1.81. The third-order valence-corrected chi connectivity index (χ3v) is 2.93. The van der Waals surface area contributed by atoms with E-state index in [0.29, 0.717) is 22.3 Å². The van der Waals surface area contributed by atoms with Crippen molar-refractivity contribution >= 4 is 28.9 Å².